The van der Waals surface area contributed by atoms with Gasteiger partial charge in [0.25, 0.3) is 0 Å². The Hall–Kier alpha value is -1.74. The molecule has 1 unspecified atom stereocenters. The van der Waals surface area contributed by atoms with Crippen LogP contribution >= 0.6 is 0 Å². The number of nitrogens with one attached hydrogen (secondary N) is 1. The third kappa shape index (κ3) is 2.82. The number of benzene rings is 1. The molecule has 1 aromatic carbocycles. The normalized spacial score (nSPS) is 12.4. The summed E-state index contributed by atoms with van der Waals surface area (Å²) in [7, 11) is 1.71. The minimum absolute atomic E-state index is 0.0237. The Labute approximate surface area is 114 Å². The lowest BCUT2D eigenvalue weighted by atomic mass is 9.96. The summed E-state index contributed by atoms with van der Waals surface area (Å²) in [6.07, 6.45) is 1.70. The van der Waals surface area contributed by atoms with Gasteiger partial charge in [-0.15, -0.1) is 0 Å². The predicted octanol–water partition coefficient (Wildman–Crippen LogP) is 3.60. The lowest BCUT2D eigenvalue weighted by Gasteiger charge is -2.21. The zero-order valence-electron chi connectivity index (χ0n) is 12.0. The van der Waals surface area contributed by atoms with Crippen LogP contribution in [0.15, 0.2) is 34.9 Å². The van der Waals surface area contributed by atoms with E-state index in [2.05, 4.69) is 38.2 Å². The second-order valence-corrected chi connectivity index (χ2v) is 4.70. The Balaban J connectivity index is 2.53. The van der Waals surface area contributed by atoms with Crippen LogP contribution in [0.3, 0.4) is 0 Å². The number of hydrogen-bond donors (Lipinski definition) is 1. The Kier molecular flexibility index (Phi) is 4.27. The molecule has 0 saturated heterocycles. The quantitative estimate of drug-likeness (QED) is 0.890. The Morgan fingerprint density at radius 2 is 2.11 bits per heavy atom. The Morgan fingerprint density at radius 3 is 2.68 bits per heavy atom. The zero-order valence-corrected chi connectivity index (χ0v) is 12.0. The molecule has 1 atom stereocenters. The summed E-state index contributed by atoms with van der Waals surface area (Å²) in [4.78, 5) is 0. The summed E-state index contributed by atoms with van der Waals surface area (Å²) < 4.78 is 11.1. The van der Waals surface area contributed by atoms with Gasteiger partial charge in [-0.3, -0.25) is 0 Å². The molecule has 1 N–H and O–H groups in total. The first-order chi connectivity index (χ1) is 9.17. The van der Waals surface area contributed by atoms with Crippen LogP contribution in [0.2, 0.25) is 0 Å². The summed E-state index contributed by atoms with van der Waals surface area (Å²) in [6, 6.07) is 8.17. The number of rotatable bonds is 5. The van der Waals surface area contributed by atoms with Crippen LogP contribution < -0.4 is 10.1 Å². The van der Waals surface area contributed by atoms with Crippen molar-refractivity contribution in [2.45, 2.75) is 26.8 Å². The fraction of sp³-hybridized carbons (Fsp3) is 0.375. The molecule has 3 nitrogen and oxygen atoms in total. The largest absolute Gasteiger partial charge is 0.496 e. The third-order valence-corrected chi connectivity index (χ3v) is 3.24. The minimum atomic E-state index is 0.0237. The predicted molar refractivity (Wildman–Crippen MR) is 76.7 cm³/mol. The van der Waals surface area contributed by atoms with Crippen LogP contribution in [0.5, 0.6) is 5.75 Å². The van der Waals surface area contributed by atoms with E-state index in [1.165, 1.54) is 11.1 Å². The van der Waals surface area contributed by atoms with Crippen LogP contribution in [-0.2, 0) is 0 Å². The molecule has 0 bridgehead atoms. The molecule has 0 aliphatic rings. The molecule has 1 aromatic heterocycles. The van der Waals surface area contributed by atoms with Gasteiger partial charge in [-0.2, -0.15) is 0 Å². The smallest absolute Gasteiger partial charge is 0.125 e. The standard InChI is InChI=1S/C16H21NO2/c1-5-17-16(13-7-6-8-19-13)15-12(3)9-11(2)10-14(15)18-4/h6-10,16-17H,5H2,1-4H3. The van der Waals surface area contributed by atoms with Gasteiger partial charge in [0.1, 0.15) is 11.5 Å². The van der Waals surface area contributed by atoms with Crippen molar-refractivity contribution in [1.29, 1.82) is 0 Å². The van der Waals surface area contributed by atoms with E-state index in [9.17, 15) is 0 Å². The van der Waals surface area contributed by atoms with E-state index in [0.717, 1.165) is 23.6 Å². The average Bonchev–Trinajstić information content (AvgIpc) is 2.89. The molecular weight excluding hydrogens is 238 g/mol. The zero-order chi connectivity index (χ0) is 13.8. The number of methoxy groups -OCH3 is 1. The Morgan fingerprint density at radius 1 is 1.32 bits per heavy atom. The highest BCUT2D eigenvalue weighted by Gasteiger charge is 2.22. The van der Waals surface area contributed by atoms with Gasteiger partial charge in [0.2, 0.25) is 0 Å². The molecule has 2 aromatic rings. The highest BCUT2D eigenvalue weighted by Crippen LogP contribution is 2.34. The van der Waals surface area contributed by atoms with Crippen molar-refractivity contribution >= 4 is 0 Å². The van der Waals surface area contributed by atoms with E-state index in [4.69, 9.17) is 9.15 Å². The molecule has 2 rings (SSSR count). The SMILES string of the molecule is CCNC(c1ccco1)c1c(C)cc(C)cc1OC. The summed E-state index contributed by atoms with van der Waals surface area (Å²) >= 11 is 0. The van der Waals surface area contributed by atoms with Crippen molar-refractivity contribution in [2.75, 3.05) is 13.7 Å². The molecule has 0 aliphatic carbocycles. The summed E-state index contributed by atoms with van der Waals surface area (Å²) in [5.41, 5.74) is 3.55. The van der Waals surface area contributed by atoms with Gasteiger partial charge in [-0.25, -0.2) is 0 Å². The summed E-state index contributed by atoms with van der Waals surface area (Å²) in [5, 5.41) is 3.46. The first kappa shape index (κ1) is 13.7. The maximum Gasteiger partial charge on any atom is 0.125 e. The van der Waals surface area contributed by atoms with E-state index in [-0.39, 0.29) is 6.04 Å². The van der Waals surface area contributed by atoms with E-state index in [1.807, 2.05) is 12.1 Å². The van der Waals surface area contributed by atoms with E-state index < -0.39 is 0 Å². The van der Waals surface area contributed by atoms with Crippen LogP contribution in [0.4, 0.5) is 0 Å². The van der Waals surface area contributed by atoms with Crippen molar-refractivity contribution < 1.29 is 9.15 Å². The molecule has 0 spiro atoms. The fourth-order valence-electron chi connectivity index (χ4n) is 2.48. The van der Waals surface area contributed by atoms with Gasteiger partial charge in [-0.05, 0) is 49.7 Å². The Bertz CT molecular complexity index is 532. The molecule has 0 amide bonds. The highest BCUT2D eigenvalue weighted by molar-refractivity contribution is 5.47. The van der Waals surface area contributed by atoms with Gasteiger partial charge >= 0.3 is 0 Å². The number of furan rings is 1. The third-order valence-electron chi connectivity index (χ3n) is 3.24. The van der Waals surface area contributed by atoms with Gasteiger partial charge in [0, 0.05) is 5.56 Å². The molecule has 3 heteroatoms. The van der Waals surface area contributed by atoms with Crippen LogP contribution in [0.1, 0.15) is 35.4 Å². The van der Waals surface area contributed by atoms with E-state index >= 15 is 0 Å². The molecule has 19 heavy (non-hydrogen) atoms. The second-order valence-electron chi connectivity index (χ2n) is 4.70. The molecule has 0 fully saturated rings. The summed E-state index contributed by atoms with van der Waals surface area (Å²) in [6.45, 7) is 7.14. The first-order valence-corrected chi connectivity index (χ1v) is 6.59. The maximum absolute atomic E-state index is 5.57. The lowest BCUT2D eigenvalue weighted by Crippen LogP contribution is -2.23. The molecule has 0 saturated carbocycles. The van der Waals surface area contributed by atoms with E-state index in [1.54, 1.807) is 13.4 Å². The van der Waals surface area contributed by atoms with Crippen molar-refractivity contribution in [3.8, 4) is 5.75 Å². The minimum Gasteiger partial charge on any atom is -0.496 e. The van der Waals surface area contributed by atoms with E-state index in [0.29, 0.717) is 0 Å². The number of ether oxygens (including phenoxy) is 1. The van der Waals surface area contributed by atoms with Crippen molar-refractivity contribution in [2.24, 2.45) is 0 Å². The lowest BCUT2D eigenvalue weighted by molar-refractivity contribution is 0.392. The second kappa shape index (κ2) is 5.93. The molecular formula is C16H21NO2. The van der Waals surface area contributed by atoms with Gasteiger partial charge < -0.3 is 14.5 Å². The monoisotopic (exact) mass is 259 g/mol. The van der Waals surface area contributed by atoms with Gasteiger partial charge in [-0.1, -0.05) is 13.0 Å². The average molecular weight is 259 g/mol. The first-order valence-electron chi connectivity index (χ1n) is 6.59. The van der Waals surface area contributed by atoms with Crippen molar-refractivity contribution in [3.63, 3.8) is 0 Å². The van der Waals surface area contributed by atoms with Gasteiger partial charge in [0.05, 0.1) is 19.4 Å². The van der Waals surface area contributed by atoms with Crippen LogP contribution in [0, 0.1) is 13.8 Å². The molecule has 1 heterocycles. The molecule has 0 radical (unpaired) electrons. The topological polar surface area (TPSA) is 34.4 Å². The van der Waals surface area contributed by atoms with Crippen molar-refractivity contribution in [3.05, 3.63) is 53.0 Å². The van der Waals surface area contributed by atoms with Crippen molar-refractivity contribution in [1.82, 2.24) is 5.32 Å². The number of hydrogen-bond acceptors (Lipinski definition) is 3. The van der Waals surface area contributed by atoms with Gasteiger partial charge in [0.15, 0.2) is 0 Å². The summed E-state index contributed by atoms with van der Waals surface area (Å²) in [5.74, 6) is 1.81. The fourth-order valence-corrected chi connectivity index (χ4v) is 2.48. The van der Waals surface area contributed by atoms with Crippen LogP contribution in [0.25, 0.3) is 0 Å². The maximum atomic E-state index is 5.57. The highest BCUT2D eigenvalue weighted by atomic mass is 16.5. The molecule has 102 valence electrons. The van der Waals surface area contributed by atoms with Crippen LogP contribution in [-0.4, -0.2) is 13.7 Å². The molecule has 0 aliphatic heterocycles. The number of aryl methyl sites for hydroxylation is 2.